The van der Waals surface area contributed by atoms with Crippen LogP contribution in [0.25, 0.3) is 0 Å². The first-order chi connectivity index (χ1) is 19.2. The van der Waals surface area contributed by atoms with Crippen molar-refractivity contribution in [3.8, 4) is 0 Å². The van der Waals surface area contributed by atoms with Crippen LogP contribution in [0, 0.1) is 28.6 Å². The van der Waals surface area contributed by atoms with Crippen molar-refractivity contribution >= 4 is 18.5 Å². The van der Waals surface area contributed by atoms with Crippen molar-refractivity contribution in [1.29, 1.82) is 0 Å². The van der Waals surface area contributed by atoms with Gasteiger partial charge in [-0.15, -0.1) is 24.0 Å². The zero-order valence-electron chi connectivity index (χ0n) is 25.9. The van der Waals surface area contributed by atoms with E-state index >= 15 is 0 Å². The molecule has 5 heteroatoms. The molecule has 6 aliphatic rings. The van der Waals surface area contributed by atoms with E-state index in [9.17, 15) is 0 Å². The fourth-order valence-corrected chi connectivity index (χ4v) is 12.1. The van der Waals surface area contributed by atoms with Gasteiger partial charge in [0.05, 0.1) is 0 Å². The van der Waals surface area contributed by atoms with Crippen molar-refractivity contribution in [2.75, 3.05) is 13.1 Å². The molecule has 2 aromatic rings. The van der Waals surface area contributed by atoms with Gasteiger partial charge >= 0.3 is 0 Å². The molecule has 2 saturated heterocycles. The number of hydrogen-bond donors (Lipinski definition) is 2. The average molecular weight is 635 g/mol. The van der Waals surface area contributed by atoms with Gasteiger partial charge in [0.15, 0.2) is 0 Å². The maximum absolute atomic E-state index is 4.03. The molecule has 2 aliphatic heterocycles. The Balaban J connectivity index is 0.000000510. The average Bonchev–Trinajstić information content (AvgIpc) is 3.68. The van der Waals surface area contributed by atoms with Crippen LogP contribution in [0.5, 0.6) is 0 Å². The van der Waals surface area contributed by atoms with Gasteiger partial charge < -0.3 is 41.0 Å². The van der Waals surface area contributed by atoms with Crippen LogP contribution < -0.4 is 10.6 Å². The molecular weight excluding hydrogens is 578 g/mol. The van der Waals surface area contributed by atoms with Crippen molar-refractivity contribution in [1.82, 2.24) is 10.6 Å². The first kappa shape index (κ1) is 32.4. The van der Waals surface area contributed by atoms with Gasteiger partial charge in [-0.05, 0) is 111 Å². The van der Waals surface area contributed by atoms with Crippen LogP contribution in [0.2, 0.25) is 0 Å². The summed E-state index contributed by atoms with van der Waals surface area (Å²) in [4.78, 5) is 0. The van der Waals surface area contributed by atoms with Crippen LogP contribution in [-0.4, -0.2) is 25.2 Å². The summed E-state index contributed by atoms with van der Waals surface area (Å²) in [5.74, 6) is 2.92. The zero-order valence-corrected chi connectivity index (χ0v) is 29.3. The van der Waals surface area contributed by atoms with Gasteiger partial charge in [0, 0.05) is 34.3 Å². The van der Waals surface area contributed by atoms with Crippen molar-refractivity contribution in [2.24, 2.45) is 28.6 Å². The van der Waals surface area contributed by atoms with E-state index in [4.69, 9.17) is 0 Å². The van der Waals surface area contributed by atoms with Gasteiger partial charge in [-0.1, -0.05) is 33.6 Å². The molecule has 6 fully saturated rings. The van der Waals surface area contributed by atoms with Crippen LogP contribution in [0.4, 0.5) is 0 Å². The summed E-state index contributed by atoms with van der Waals surface area (Å²) in [6.07, 6.45) is 16.9. The second-order valence-electron chi connectivity index (χ2n) is 15.5. The van der Waals surface area contributed by atoms with Crippen molar-refractivity contribution in [3.63, 3.8) is 0 Å². The summed E-state index contributed by atoms with van der Waals surface area (Å²) in [5.41, 5.74) is 3.94. The smallest absolute Gasteiger partial charge is 0.0193 e. The molecule has 0 spiro atoms. The molecular formula is C36H56FeN2P2-6. The Bertz CT molecular complexity index is 1020. The Labute approximate surface area is 266 Å². The van der Waals surface area contributed by atoms with Crippen molar-refractivity contribution in [2.45, 2.75) is 120 Å². The third-order valence-corrected chi connectivity index (χ3v) is 15.0. The SMILES string of the molecule is CC(C)(C)C(P)([c-]1cccc1C(P)(C1CCCCN1)C1CCCCN1)C12CC3CC(CC(C3)C1)C2.[Fe].[cH-]1[cH-][cH-][cH-][cH-]1. The molecule has 8 rings (SSSR count). The molecule has 4 saturated carbocycles. The van der Waals surface area contributed by atoms with Gasteiger partial charge in [-0.25, -0.2) is 12.1 Å². The minimum absolute atomic E-state index is 0. The van der Waals surface area contributed by atoms with Crippen LogP contribution in [0.1, 0.15) is 109 Å². The molecule has 234 valence electrons. The minimum atomic E-state index is 0. The maximum atomic E-state index is 4.03. The molecule has 2 N–H and O–H groups in total. The Morgan fingerprint density at radius 2 is 1.24 bits per heavy atom. The Hall–Kier alpha value is -0.000519. The third kappa shape index (κ3) is 5.78. The Morgan fingerprint density at radius 1 is 0.780 bits per heavy atom. The van der Waals surface area contributed by atoms with Crippen LogP contribution in [-0.2, 0) is 27.4 Å². The fraction of sp³-hybridized carbons (Fsp3) is 0.722. The van der Waals surface area contributed by atoms with E-state index in [1.54, 1.807) is 11.1 Å². The monoisotopic (exact) mass is 634 g/mol. The third-order valence-electron chi connectivity index (χ3n) is 12.1. The van der Waals surface area contributed by atoms with Gasteiger partial charge in [0.25, 0.3) is 0 Å². The number of hydrogen-bond acceptors (Lipinski definition) is 2. The second kappa shape index (κ2) is 12.8. The van der Waals surface area contributed by atoms with E-state index < -0.39 is 0 Å². The van der Waals surface area contributed by atoms with E-state index in [0.717, 1.165) is 17.8 Å². The van der Waals surface area contributed by atoms with E-state index in [-0.39, 0.29) is 32.8 Å². The molecule has 2 aromatic carbocycles. The standard InChI is InChI=1S/C31H51N2P2.C5H5.Fe/c1-28(2,3)31(35,29-18-21-15-22(19-29)17-23(16-21)20-29)25-10-8-9-24(25)30(34,26-11-4-6-13-32-26)27-12-5-7-14-33-27;1-2-4-5-3-1;/h8-10,21-23,26-27,32-33H,4-7,11-20,34-35H2,1-3H3;1-5H;/q-1;-5;. The van der Waals surface area contributed by atoms with Gasteiger partial charge in [-0.3, -0.25) is 0 Å². The summed E-state index contributed by atoms with van der Waals surface area (Å²) in [6.45, 7) is 10.0. The first-order valence-corrected chi connectivity index (χ1v) is 17.8. The largest absolute Gasteiger partial charge is 0.748 e. The van der Waals surface area contributed by atoms with E-state index in [2.05, 4.69) is 68.1 Å². The molecule has 5 unspecified atom stereocenters. The maximum Gasteiger partial charge on any atom is 0.0193 e. The van der Waals surface area contributed by atoms with Crippen molar-refractivity contribution < 1.29 is 17.1 Å². The van der Waals surface area contributed by atoms with Crippen LogP contribution >= 0.6 is 18.5 Å². The Morgan fingerprint density at radius 3 is 1.63 bits per heavy atom. The molecule has 41 heavy (non-hydrogen) atoms. The molecule has 0 radical (unpaired) electrons. The minimum Gasteiger partial charge on any atom is -0.748 e. The fourth-order valence-electron chi connectivity index (χ4n) is 10.7. The van der Waals surface area contributed by atoms with Crippen molar-refractivity contribution in [3.05, 3.63) is 59.7 Å². The molecule has 4 bridgehead atoms. The molecule has 5 atom stereocenters. The molecule has 0 amide bonds. The molecule has 0 aromatic heterocycles. The summed E-state index contributed by atoms with van der Waals surface area (Å²) >= 11 is 0. The Kier molecular flexibility index (Phi) is 10.1. The normalized spacial score (nSPS) is 35.9. The first-order valence-electron chi connectivity index (χ1n) is 16.7. The second-order valence-corrected chi connectivity index (χ2v) is 17.3. The predicted octanol–water partition coefficient (Wildman–Crippen LogP) is 8.50. The summed E-state index contributed by atoms with van der Waals surface area (Å²) in [6, 6.07) is 18.6. The van der Waals surface area contributed by atoms with E-state index in [1.165, 1.54) is 90.1 Å². The summed E-state index contributed by atoms with van der Waals surface area (Å²) < 4.78 is 0. The molecule has 4 aliphatic carbocycles. The number of rotatable bonds is 5. The number of piperidine rings is 2. The zero-order chi connectivity index (χ0) is 28.0. The topological polar surface area (TPSA) is 24.1 Å². The molecule has 2 nitrogen and oxygen atoms in total. The van der Waals surface area contributed by atoms with E-state index in [1.807, 2.05) is 30.3 Å². The molecule has 2 heterocycles. The summed E-state index contributed by atoms with van der Waals surface area (Å²) in [7, 11) is 7.12. The van der Waals surface area contributed by atoms with Gasteiger partial charge in [-0.2, -0.15) is 11.6 Å². The van der Waals surface area contributed by atoms with E-state index in [0.29, 0.717) is 17.5 Å². The van der Waals surface area contributed by atoms with Crippen LogP contribution in [0.15, 0.2) is 48.5 Å². The quantitative estimate of drug-likeness (QED) is 0.196. The van der Waals surface area contributed by atoms with Gasteiger partial charge in [0.1, 0.15) is 0 Å². The number of nitrogens with one attached hydrogen (secondary N) is 2. The predicted molar refractivity (Wildman–Crippen MR) is 178 cm³/mol. The summed E-state index contributed by atoms with van der Waals surface area (Å²) in [5, 5.41) is 8.22. The van der Waals surface area contributed by atoms with Gasteiger partial charge in [0.2, 0.25) is 0 Å². The van der Waals surface area contributed by atoms with Crippen LogP contribution in [0.3, 0.4) is 0 Å².